The molecule has 0 saturated carbocycles. The van der Waals surface area contributed by atoms with E-state index in [-0.39, 0.29) is 24.2 Å². The molecule has 3 rings (SSSR count). The summed E-state index contributed by atoms with van der Waals surface area (Å²) in [6.07, 6.45) is 1.80. The van der Waals surface area contributed by atoms with E-state index in [1.165, 1.54) is 18.4 Å². The molecule has 1 saturated heterocycles. The number of piperidine rings is 1. The van der Waals surface area contributed by atoms with E-state index in [4.69, 9.17) is 4.74 Å². The molecular weight excluding hydrogens is 338 g/mol. The highest BCUT2D eigenvalue weighted by Crippen LogP contribution is 2.32. The smallest absolute Gasteiger partial charge is 0.310 e. The summed E-state index contributed by atoms with van der Waals surface area (Å²) in [5, 5.41) is 6.70. The third kappa shape index (κ3) is 4.43. The molecule has 2 heterocycles. The van der Waals surface area contributed by atoms with Crippen molar-refractivity contribution in [3.8, 4) is 11.3 Å². The Morgan fingerprint density at radius 2 is 2.00 bits per heavy atom. The Hall–Kier alpha value is -2.25. The van der Waals surface area contributed by atoms with Gasteiger partial charge < -0.3 is 15.4 Å². The van der Waals surface area contributed by atoms with Gasteiger partial charge in [0.05, 0.1) is 19.2 Å². The zero-order valence-corrected chi connectivity index (χ0v) is 14.9. The number of anilines is 1. The van der Waals surface area contributed by atoms with Gasteiger partial charge in [-0.2, -0.15) is 0 Å². The second kappa shape index (κ2) is 8.22. The lowest BCUT2D eigenvalue weighted by Gasteiger charge is -2.21. The van der Waals surface area contributed by atoms with Gasteiger partial charge in [0.2, 0.25) is 5.91 Å². The van der Waals surface area contributed by atoms with Crippen molar-refractivity contribution < 1.29 is 14.3 Å². The van der Waals surface area contributed by atoms with Crippen LogP contribution in [0.4, 0.5) is 5.13 Å². The fourth-order valence-electron chi connectivity index (χ4n) is 2.84. The van der Waals surface area contributed by atoms with Gasteiger partial charge in [0, 0.05) is 16.4 Å². The molecule has 0 bridgehead atoms. The first-order chi connectivity index (χ1) is 12.2. The molecular formula is C18H21N3O3S. The van der Waals surface area contributed by atoms with E-state index in [2.05, 4.69) is 15.6 Å². The van der Waals surface area contributed by atoms with Gasteiger partial charge in [-0.3, -0.25) is 9.59 Å². The summed E-state index contributed by atoms with van der Waals surface area (Å²) in [7, 11) is 1.37. The van der Waals surface area contributed by atoms with Crippen LogP contribution in [-0.2, 0) is 20.7 Å². The van der Waals surface area contributed by atoms with Crippen LogP contribution in [0.15, 0.2) is 30.3 Å². The van der Waals surface area contributed by atoms with Crippen molar-refractivity contribution in [2.24, 2.45) is 5.92 Å². The van der Waals surface area contributed by atoms with Crippen LogP contribution in [0.1, 0.15) is 17.7 Å². The topological polar surface area (TPSA) is 80.3 Å². The molecule has 1 aliphatic heterocycles. The average Bonchev–Trinajstić information content (AvgIpc) is 3.05. The lowest BCUT2D eigenvalue weighted by atomic mass is 9.97. The van der Waals surface area contributed by atoms with Crippen molar-refractivity contribution in [3.63, 3.8) is 0 Å². The molecule has 0 radical (unpaired) electrons. The van der Waals surface area contributed by atoms with E-state index >= 15 is 0 Å². The van der Waals surface area contributed by atoms with Crippen LogP contribution >= 0.6 is 11.3 Å². The number of aromatic nitrogens is 1. The van der Waals surface area contributed by atoms with E-state index in [9.17, 15) is 9.59 Å². The molecule has 7 heteroatoms. The Kier molecular flexibility index (Phi) is 5.78. The second-order valence-electron chi connectivity index (χ2n) is 5.92. The number of ether oxygens (including phenoxy) is 1. The predicted molar refractivity (Wildman–Crippen MR) is 97.5 cm³/mol. The van der Waals surface area contributed by atoms with E-state index in [0.29, 0.717) is 5.13 Å². The van der Waals surface area contributed by atoms with Crippen LogP contribution in [0.2, 0.25) is 0 Å². The fourth-order valence-corrected chi connectivity index (χ4v) is 3.81. The molecule has 1 aromatic heterocycles. The average molecular weight is 359 g/mol. The third-order valence-electron chi connectivity index (χ3n) is 4.22. The number of hydrogen-bond donors (Lipinski definition) is 2. The maximum atomic E-state index is 12.4. The molecule has 0 spiro atoms. The van der Waals surface area contributed by atoms with Crippen LogP contribution in [0, 0.1) is 5.92 Å². The number of amides is 1. The van der Waals surface area contributed by atoms with Crippen molar-refractivity contribution in [2.75, 3.05) is 25.5 Å². The minimum atomic E-state index is -0.322. The number of esters is 1. The van der Waals surface area contributed by atoms with Crippen molar-refractivity contribution in [1.29, 1.82) is 0 Å². The highest BCUT2D eigenvalue weighted by molar-refractivity contribution is 7.16. The maximum absolute atomic E-state index is 12.4. The predicted octanol–water partition coefficient (Wildman–Crippen LogP) is 2.46. The Balaban J connectivity index is 1.82. The summed E-state index contributed by atoms with van der Waals surface area (Å²) in [6.45, 7) is 1.72. The van der Waals surface area contributed by atoms with E-state index in [1.807, 2.05) is 30.3 Å². The lowest BCUT2D eigenvalue weighted by molar-refractivity contribution is -0.139. The molecule has 6 nitrogen and oxygen atoms in total. The van der Waals surface area contributed by atoms with Crippen LogP contribution in [-0.4, -0.2) is 37.1 Å². The molecule has 1 aliphatic rings. The summed E-state index contributed by atoms with van der Waals surface area (Å²) in [5.41, 5.74) is 1.64. The van der Waals surface area contributed by atoms with E-state index in [1.54, 1.807) is 0 Å². The van der Waals surface area contributed by atoms with Crippen LogP contribution in [0.3, 0.4) is 0 Å². The zero-order chi connectivity index (χ0) is 17.6. The van der Waals surface area contributed by atoms with Crippen molar-refractivity contribution in [2.45, 2.75) is 19.3 Å². The maximum Gasteiger partial charge on any atom is 0.310 e. The number of benzene rings is 1. The molecule has 1 aromatic carbocycles. The molecule has 25 heavy (non-hydrogen) atoms. The van der Waals surface area contributed by atoms with Crippen molar-refractivity contribution in [3.05, 3.63) is 35.2 Å². The minimum Gasteiger partial charge on any atom is -0.469 e. The van der Waals surface area contributed by atoms with Crippen LogP contribution in [0.5, 0.6) is 0 Å². The number of nitrogens with zero attached hydrogens (tertiary/aromatic N) is 1. The van der Waals surface area contributed by atoms with Gasteiger partial charge >= 0.3 is 5.97 Å². The second-order valence-corrected chi connectivity index (χ2v) is 7.01. The summed E-state index contributed by atoms with van der Waals surface area (Å²) in [6, 6.07) is 9.64. The molecule has 0 aliphatic carbocycles. The molecule has 0 atom stereocenters. The van der Waals surface area contributed by atoms with Gasteiger partial charge in [-0.05, 0) is 25.9 Å². The lowest BCUT2D eigenvalue weighted by Crippen LogP contribution is -2.34. The zero-order valence-electron chi connectivity index (χ0n) is 14.1. The van der Waals surface area contributed by atoms with Crippen molar-refractivity contribution in [1.82, 2.24) is 10.3 Å². The van der Waals surface area contributed by atoms with Gasteiger partial charge in [-0.15, -0.1) is 11.3 Å². The summed E-state index contributed by atoms with van der Waals surface area (Å²) < 4.78 is 4.78. The first-order valence-corrected chi connectivity index (χ1v) is 9.12. The first kappa shape index (κ1) is 17.6. The fraction of sp³-hybridized carbons (Fsp3) is 0.389. The largest absolute Gasteiger partial charge is 0.469 e. The molecule has 1 amide bonds. The van der Waals surface area contributed by atoms with Crippen LogP contribution in [0.25, 0.3) is 11.3 Å². The molecule has 0 unspecified atom stereocenters. The summed E-state index contributed by atoms with van der Waals surface area (Å²) in [5.74, 6) is -0.314. The molecule has 2 N–H and O–H groups in total. The van der Waals surface area contributed by atoms with Gasteiger partial charge in [0.25, 0.3) is 0 Å². The van der Waals surface area contributed by atoms with Crippen LogP contribution < -0.4 is 10.6 Å². The number of hydrogen-bond acceptors (Lipinski definition) is 6. The van der Waals surface area contributed by atoms with Gasteiger partial charge in [-0.1, -0.05) is 30.3 Å². The molecule has 2 aromatic rings. The number of methoxy groups -OCH3 is 1. The van der Waals surface area contributed by atoms with Gasteiger partial charge in [0.15, 0.2) is 5.13 Å². The quantitative estimate of drug-likeness (QED) is 0.802. The SMILES string of the molecule is COC(=O)Cc1sc(NC(=O)C2CCNCC2)nc1-c1ccccc1. The van der Waals surface area contributed by atoms with Gasteiger partial charge in [0.1, 0.15) is 0 Å². The number of rotatable bonds is 5. The van der Waals surface area contributed by atoms with E-state index < -0.39 is 0 Å². The minimum absolute atomic E-state index is 0.000482. The summed E-state index contributed by atoms with van der Waals surface area (Å²) in [4.78, 5) is 29.5. The monoisotopic (exact) mass is 359 g/mol. The number of nitrogens with one attached hydrogen (secondary N) is 2. The number of thiazole rings is 1. The normalized spacial score (nSPS) is 14.9. The Morgan fingerprint density at radius 1 is 1.28 bits per heavy atom. The first-order valence-electron chi connectivity index (χ1n) is 8.31. The Labute approximate surface area is 150 Å². The number of carbonyl (C=O) groups is 2. The summed E-state index contributed by atoms with van der Waals surface area (Å²) >= 11 is 1.33. The van der Waals surface area contributed by atoms with Gasteiger partial charge in [-0.25, -0.2) is 4.98 Å². The van der Waals surface area contributed by atoms with Crippen molar-refractivity contribution >= 4 is 28.3 Å². The molecule has 132 valence electrons. The standard InChI is InChI=1S/C18H21N3O3S/c1-24-15(22)11-14-16(12-5-3-2-4-6-12)20-18(25-14)21-17(23)13-7-9-19-10-8-13/h2-6,13,19H,7-11H2,1H3,(H,20,21,23). The Morgan fingerprint density at radius 3 is 2.68 bits per heavy atom. The molecule has 1 fully saturated rings. The highest BCUT2D eigenvalue weighted by atomic mass is 32.1. The number of carbonyl (C=O) groups excluding carboxylic acids is 2. The third-order valence-corrected chi connectivity index (χ3v) is 5.19. The van der Waals surface area contributed by atoms with E-state index in [0.717, 1.165) is 42.1 Å². The highest BCUT2D eigenvalue weighted by Gasteiger charge is 2.23. The Bertz CT molecular complexity index is 739.